The topological polar surface area (TPSA) is 60.4 Å². The summed E-state index contributed by atoms with van der Waals surface area (Å²) in [5, 5.41) is 5.43. The molecule has 8 heteroatoms. The first-order valence-electron chi connectivity index (χ1n) is 10.6. The van der Waals surface area contributed by atoms with Gasteiger partial charge in [-0.2, -0.15) is 5.10 Å². The number of nitrogens with zero attached hydrogens (tertiary/aromatic N) is 3. The van der Waals surface area contributed by atoms with E-state index in [-0.39, 0.29) is 17.0 Å². The normalized spacial score (nSPS) is 11.4. The Morgan fingerprint density at radius 1 is 0.771 bits per heavy atom. The molecule has 0 radical (unpaired) electrons. The van der Waals surface area contributed by atoms with Gasteiger partial charge >= 0.3 is 5.63 Å². The van der Waals surface area contributed by atoms with Crippen LogP contribution in [-0.2, 0) is 0 Å². The number of rotatable bonds is 3. The summed E-state index contributed by atoms with van der Waals surface area (Å²) in [4.78, 5) is 17.8. The van der Waals surface area contributed by atoms with Gasteiger partial charge in [0.2, 0.25) is 0 Å². The molecule has 0 saturated carbocycles. The third kappa shape index (κ3) is 3.76. The minimum Gasteiger partial charge on any atom is -0.422 e. The van der Waals surface area contributed by atoms with Crippen LogP contribution in [0.25, 0.3) is 50.3 Å². The molecule has 0 amide bonds. The van der Waals surface area contributed by atoms with Gasteiger partial charge in [0.25, 0.3) is 0 Å². The minimum atomic E-state index is -0.580. The second-order valence-electron chi connectivity index (χ2n) is 7.94. The Kier molecular flexibility index (Phi) is 4.93. The summed E-state index contributed by atoms with van der Waals surface area (Å²) in [6.45, 7) is 0. The van der Waals surface area contributed by atoms with E-state index in [0.29, 0.717) is 38.6 Å². The van der Waals surface area contributed by atoms with Crippen molar-refractivity contribution in [1.29, 1.82) is 0 Å². The Hall–Kier alpha value is -4.36. The van der Waals surface area contributed by atoms with Crippen LogP contribution >= 0.6 is 11.6 Å². The Balaban J connectivity index is 1.61. The van der Waals surface area contributed by atoms with E-state index in [1.54, 1.807) is 59.2 Å². The number of fused-ring (bicyclic) bond motifs is 2. The molecule has 0 saturated heterocycles. The molecule has 0 bridgehead atoms. The van der Waals surface area contributed by atoms with Crippen molar-refractivity contribution >= 4 is 28.2 Å². The van der Waals surface area contributed by atoms with Crippen molar-refractivity contribution < 1.29 is 13.2 Å². The van der Waals surface area contributed by atoms with Crippen LogP contribution in [0.3, 0.4) is 0 Å². The fourth-order valence-corrected chi connectivity index (χ4v) is 4.23. The quantitative estimate of drug-likeness (QED) is 0.260. The van der Waals surface area contributed by atoms with E-state index in [4.69, 9.17) is 21.0 Å². The van der Waals surface area contributed by atoms with E-state index in [9.17, 15) is 13.6 Å². The second-order valence-corrected chi connectivity index (χ2v) is 8.38. The highest BCUT2D eigenvalue weighted by Crippen LogP contribution is 2.36. The van der Waals surface area contributed by atoms with E-state index in [2.05, 4.69) is 5.10 Å². The molecule has 0 aliphatic rings. The lowest BCUT2D eigenvalue weighted by molar-refractivity contribution is 0.561. The molecular weight excluding hydrogens is 472 g/mol. The van der Waals surface area contributed by atoms with Crippen molar-refractivity contribution in [3.05, 3.63) is 112 Å². The molecule has 0 unspecified atom stereocenters. The van der Waals surface area contributed by atoms with Gasteiger partial charge in [-0.3, -0.25) is 0 Å². The number of aromatic nitrogens is 3. The van der Waals surface area contributed by atoms with Crippen LogP contribution in [0, 0.1) is 11.6 Å². The van der Waals surface area contributed by atoms with Crippen LogP contribution in [-0.4, -0.2) is 14.6 Å². The van der Waals surface area contributed by atoms with E-state index < -0.39 is 11.4 Å². The Morgan fingerprint density at radius 2 is 1.49 bits per heavy atom. The molecule has 5 nitrogen and oxygen atoms in total. The van der Waals surface area contributed by atoms with Gasteiger partial charge in [-0.1, -0.05) is 23.7 Å². The highest BCUT2D eigenvalue weighted by molar-refractivity contribution is 6.30. The summed E-state index contributed by atoms with van der Waals surface area (Å²) < 4.78 is 34.7. The zero-order valence-electron chi connectivity index (χ0n) is 17.9. The molecule has 0 fully saturated rings. The fourth-order valence-electron chi connectivity index (χ4n) is 4.10. The fraction of sp³-hybridized carbons (Fsp3) is 0. The van der Waals surface area contributed by atoms with Crippen molar-refractivity contribution in [2.75, 3.05) is 0 Å². The smallest absolute Gasteiger partial charge is 0.344 e. The van der Waals surface area contributed by atoms with Crippen LogP contribution in [0.5, 0.6) is 0 Å². The summed E-state index contributed by atoms with van der Waals surface area (Å²) in [6.07, 6.45) is 1.70. The van der Waals surface area contributed by atoms with Crippen molar-refractivity contribution in [1.82, 2.24) is 14.6 Å². The summed E-state index contributed by atoms with van der Waals surface area (Å²) in [5.74, 6) is -0.812. The molecule has 170 valence electrons. The standard InChI is InChI=1S/C27H14ClF2N3O2/c28-17-5-1-16(2-6-17)25-26(20-13-19(30)9-10-23(20)35-27(25)34)21-11-12-33-24(31-21)14-22(32-33)15-3-7-18(29)8-4-15/h1-14H. The molecule has 3 aromatic heterocycles. The van der Waals surface area contributed by atoms with Gasteiger partial charge in [0.15, 0.2) is 5.65 Å². The Morgan fingerprint density at radius 3 is 2.26 bits per heavy atom. The SMILES string of the molecule is O=c1oc2ccc(F)cc2c(-c2ccn3nc(-c4ccc(F)cc4)cc3n2)c1-c1ccc(Cl)cc1. The van der Waals surface area contributed by atoms with Gasteiger partial charge in [0.05, 0.1) is 17.0 Å². The largest absolute Gasteiger partial charge is 0.422 e. The highest BCUT2D eigenvalue weighted by atomic mass is 35.5. The summed E-state index contributed by atoms with van der Waals surface area (Å²) in [5.41, 5.74) is 3.18. The van der Waals surface area contributed by atoms with E-state index in [0.717, 1.165) is 5.56 Å². The maximum absolute atomic E-state index is 14.3. The summed E-state index contributed by atoms with van der Waals surface area (Å²) >= 11 is 6.04. The maximum Gasteiger partial charge on any atom is 0.344 e. The molecule has 35 heavy (non-hydrogen) atoms. The average molecular weight is 486 g/mol. The predicted molar refractivity (Wildman–Crippen MR) is 130 cm³/mol. The molecule has 6 aromatic rings. The first-order chi connectivity index (χ1) is 17.0. The van der Waals surface area contributed by atoms with Crippen LogP contribution in [0.2, 0.25) is 5.02 Å². The zero-order valence-corrected chi connectivity index (χ0v) is 18.6. The monoisotopic (exact) mass is 485 g/mol. The van der Waals surface area contributed by atoms with Gasteiger partial charge < -0.3 is 4.42 Å². The molecule has 6 rings (SSSR count). The number of benzene rings is 3. The van der Waals surface area contributed by atoms with Crippen molar-refractivity contribution in [3.8, 4) is 33.6 Å². The van der Waals surface area contributed by atoms with Gasteiger partial charge in [-0.15, -0.1) is 0 Å². The van der Waals surface area contributed by atoms with Crippen molar-refractivity contribution in [2.24, 2.45) is 0 Å². The third-order valence-corrected chi connectivity index (χ3v) is 5.97. The number of hydrogen-bond acceptors (Lipinski definition) is 4. The van der Waals surface area contributed by atoms with Crippen LogP contribution in [0.1, 0.15) is 0 Å². The van der Waals surface area contributed by atoms with Gasteiger partial charge in [-0.25, -0.2) is 23.1 Å². The van der Waals surface area contributed by atoms with Crippen LogP contribution in [0.15, 0.2) is 94.3 Å². The third-order valence-electron chi connectivity index (χ3n) is 5.72. The van der Waals surface area contributed by atoms with E-state index in [1.165, 1.54) is 30.3 Å². The molecule has 0 N–H and O–H groups in total. The van der Waals surface area contributed by atoms with Gasteiger partial charge in [0.1, 0.15) is 17.2 Å². The lowest BCUT2D eigenvalue weighted by Gasteiger charge is -2.12. The highest BCUT2D eigenvalue weighted by Gasteiger charge is 2.20. The predicted octanol–water partition coefficient (Wildman–Crippen LogP) is 6.77. The van der Waals surface area contributed by atoms with Gasteiger partial charge in [-0.05, 0) is 66.2 Å². The second kappa shape index (κ2) is 8.14. The molecule has 0 spiro atoms. The zero-order chi connectivity index (χ0) is 24.1. The lowest BCUT2D eigenvalue weighted by atomic mass is 9.96. The Labute approximate surface area is 201 Å². The van der Waals surface area contributed by atoms with E-state index >= 15 is 0 Å². The first-order valence-corrected chi connectivity index (χ1v) is 11.0. The Bertz CT molecular complexity index is 1790. The molecule has 3 aromatic carbocycles. The first kappa shape index (κ1) is 21.2. The molecular formula is C27H14ClF2N3O2. The maximum atomic E-state index is 14.3. The molecule has 3 heterocycles. The lowest BCUT2D eigenvalue weighted by Crippen LogP contribution is -2.07. The molecule has 0 aliphatic carbocycles. The number of hydrogen-bond donors (Lipinski definition) is 0. The molecule has 0 atom stereocenters. The van der Waals surface area contributed by atoms with E-state index in [1.807, 2.05) is 0 Å². The van der Waals surface area contributed by atoms with Crippen LogP contribution < -0.4 is 5.63 Å². The number of halogens is 3. The average Bonchev–Trinajstić information content (AvgIpc) is 3.28. The minimum absolute atomic E-state index is 0.242. The molecule has 0 aliphatic heterocycles. The van der Waals surface area contributed by atoms with Crippen molar-refractivity contribution in [3.63, 3.8) is 0 Å². The van der Waals surface area contributed by atoms with Crippen LogP contribution in [0.4, 0.5) is 8.78 Å². The van der Waals surface area contributed by atoms with Gasteiger partial charge in [0, 0.05) is 33.8 Å². The summed E-state index contributed by atoms with van der Waals surface area (Å²) in [7, 11) is 0. The van der Waals surface area contributed by atoms with Crippen molar-refractivity contribution in [2.45, 2.75) is 0 Å². The summed E-state index contributed by atoms with van der Waals surface area (Å²) in [6, 6.07) is 20.2.